The van der Waals surface area contributed by atoms with Gasteiger partial charge in [-0.2, -0.15) is 26.3 Å². The number of rotatable bonds is 9. The molecule has 1 atom stereocenters. The molecule has 0 aliphatic carbocycles. The summed E-state index contributed by atoms with van der Waals surface area (Å²) in [5.41, 5.74) is 5.94. The number of amides is 1. The second-order valence-corrected chi connectivity index (χ2v) is 14.1. The minimum Gasteiger partial charge on any atom is -0.475 e. The Bertz CT molecular complexity index is 1310. The molecule has 0 saturated heterocycles. The number of nitrogens with one attached hydrogen (secondary N) is 2. The van der Waals surface area contributed by atoms with Crippen LogP contribution >= 0.6 is 7.26 Å². The molecular formula is C30H36F6N4O5P+. The number of carbonyl (C=O) groups excluding carboxylic acids is 1. The van der Waals surface area contributed by atoms with Gasteiger partial charge in [-0.3, -0.25) is 0 Å². The van der Waals surface area contributed by atoms with Gasteiger partial charge in [-0.1, -0.05) is 0 Å². The van der Waals surface area contributed by atoms with Gasteiger partial charge in [0.1, 0.15) is 0 Å². The fourth-order valence-electron chi connectivity index (χ4n) is 4.47. The average molecular weight is 678 g/mol. The fraction of sp³-hybridized carbons (Fsp3) is 0.267. The minimum atomic E-state index is -5.08. The normalized spacial score (nSPS) is 13.0. The van der Waals surface area contributed by atoms with E-state index in [2.05, 4.69) is 96.3 Å². The van der Waals surface area contributed by atoms with Crippen LogP contribution in [0.1, 0.15) is 6.42 Å². The quantitative estimate of drug-likeness (QED) is 0.0769. The van der Waals surface area contributed by atoms with Crippen molar-refractivity contribution in [3.05, 3.63) is 91.0 Å². The zero-order chi connectivity index (χ0) is 35.2. The smallest absolute Gasteiger partial charge is 0.475 e. The molecule has 46 heavy (non-hydrogen) atoms. The molecule has 252 valence electrons. The van der Waals surface area contributed by atoms with Crippen molar-refractivity contribution in [1.82, 2.24) is 5.32 Å². The van der Waals surface area contributed by atoms with Crippen molar-refractivity contribution >= 4 is 47.0 Å². The monoisotopic (exact) mass is 677 g/mol. The Morgan fingerprint density at radius 1 is 0.761 bits per heavy atom. The molecule has 3 rings (SSSR count). The molecule has 3 aromatic rings. The van der Waals surface area contributed by atoms with Gasteiger partial charge in [-0.25, -0.2) is 9.59 Å². The molecule has 1 amide bonds. The van der Waals surface area contributed by atoms with Crippen LogP contribution in [0.4, 0.5) is 26.3 Å². The number of nitrogens with zero attached hydrogens (tertiary/aromatic N) is 1. The molecule has 3 aromatic carbocycles. The number of carboxylic acid groups (broad SMARTS) is 2. The number of likely N-dealkylation sites (N-methyl/N-ethyl adjacent to an activating group) is 2. The van der Waals surface area contributed by atoms with E-state index in [0.717, 1.165) is 12.6 Å². The number of halogens is 6. The summed E-state index contributed by atoms with van der Waals surface area (Å²) in [6.07, 6.45) is -8.36. The van der Waals surface area contributed by atoms with E-state index in [1.54, 1.807) is 7.05 Å². The van der Waals surface area contributed by atoms with Crippen LogP contribution in [0.5, 0.6) is 0 Å². The Balaban J connectivity index is 0.000000629. The van der Waals surface area contributed by atoms with E-state index < -0.39 is 31.6 Å². The van der Waals surface area contributed by atoms with E-state index in [1.165, 1.54) is 15.9 Å². The summed E-state index contributed by atoms with van der Waals surface area (Å²) in [6.45, 7) is 0.798. The summed E-state index contributed by atoms with van der Waals surface area (Å²) in [7, 11) is 1.16. The Morgan fingerprint density at radius 3 is 1.30 bits per heavy atom. The van der Waals surface area contributed by atoms with Crippen molar-refractivity contribution < 1.29 is 55.4 Å². The van der Waals surface area contributed by atoms with Crippen molar-refractivity contribution in [3.63, 3.8) is 0 Å². The molecule has 0 aliphatic rings. The predicted octanol–water partition coefficient (Wildman–Crippen LogP) is 3.46. The molecule has 6 N–H and O–H groups in total. The summed E-state index contributed by atoms with van der Waals surface area (Å²) in [6, 6.07) is 32.4. The Labute approximate surface area is 262 Å². The third-order valence-corrected chi connectivity index (χ3v) is 11.9. The first kappa shape index (κ1) is 39.5. The van der Waals surface area contributed by atoms with Crippen LogP contribution in [0.15, 0.2) is 91.0 Å². The predicted molar refractivity (Wildman–Crippen MR) is 165 cm³/mol. The summed E-state index contributed by atoms with van der Waals surface area (Å²) in [5, 5.41) is 29.1. The first-order valence-corrected chi connectivity index (χ1v) is 15.7. The van der Waals surface area contributed by atoms with Crippen LogP contribution in [-0.4, -0.2) is 84.2 Å². The molecule has 1 unspecified atom stereocenters. The van der Waals surface area contributed by atoms with E-state index in [0.29, 0.717) is 6.54 Å². The number of guanidine groups is 1. The van der Waals surface area contributed by atoms with Crippen molar-refractivity contribution in [2.24, 2.45) is 5.73 Å². The third kappa shape index (κ3) is 11.8. The molecule has 0 aromatic heterocycles. The number of quaternary nitrogens is 1. The van der Waals surface area contributed by atoms with Gasteiger partial charge in [0, 0.05) is 0 Å². The molecule has 0 heterocycles. The largest absolute Gasteiger partial charge is 0.490 e. The maximum Gasteiger partial charge on any atom is 0.490 e. The number of aliphatic carboxylic acids is 2. The summed E-state index contributed by atoms with van der Waals surface area (Å²) >= 11 is 0. The van der Waals surface area contributed by atoms with Crippen molar-refractivity contribution in [3.8, 4) is 0 Å². The third-order valence-electron chi connectivity index (χ3n) is 6.84. The molecule has 0 spiro atoms. The number of hydrogen-bond donors (Lipinski definition) is 5. The SMILES string of the molecule is CNC(=O)C[N+](C)(CCC[PH](c1ccccc1)(c1ccccc1)c1ccccc1)C(=N)N.O=C(O)C(F)(F)F.O=C(O)C(F)(F)F. The minimum absolute atomic E-state index is 0.0139. The Kier molecular flexibility index (Phi) is 14.8. The standard InChI is InChI=1S/C26H33N4OP.2C2HF3O2/c1-29-25(31)21-30(2,26(27)28)19-12-20-32(22-13-6-3-7-14-22,23-15-8-4-9-16-23)24-17-10-5-11-18-24;2*3-2(4,5)1(6)7/h3-11,13-18,32H,12,19-21H2,1-2H3,(H3-,27,28,29,31);2*(H,6,7)/p+1. The van der Waals surface area contributed by atoms with E-state index in [-0.39, 0.29) is 22.9 Å². The topological polar surface area (TPSA) is 154 Å². The van der Waals surface area contributed by atoms with Crippen molar-refractivity contribution in [2.75, 3.05) is 33.3 Å². The fourth-order valence-corrected chi connectivity index (χ4v) is 9.31. The molecule has 9 nitrogen and oxygen atoms in total. The maximum absolute atomic E-state index is 12.1. The first-order chi connectivity index (χ1) is 21.3. The number of benzene rings is 3. The van der Waals surface area contributed by atoms with E-state index in [9.17, 15) is 31.1 Å². The van der Waals surface area contributed by atoms with Gasteiger partial charge in [-0.15, -0.1) is 0 Å². The Hall–Kier alpha value is -4.49. The van der Waals surface area contributed by atoms with Crippen molar-refractivity contribution in [2.45, 2.75) is 18.8 Å². The molecule has 0 radical (unpaired) electrons. The average Bonchev–Trinajstić information content (AvgIpc) is 3.00. The van der Waals surface area contributed by atoms with Gasteiger partial charge in [0.2, 0.25) is 0 Å². The van der Waals surface area contributed by atoms with E-state index in [1.807, 2.05) is 7.05 Å². The van der Waals surface area contributed by atoms with E-state index in [4.69, 9.17) is 30.9 Å². The second-order valence-electron chi connectivity index (χ2n) is 10.0. The number of alkyl halides is 6. The number of carbonyl (C=O) groups is 3. The van der Waals surface area contributed by atoms with Crippen LogP contribution in [0.25, 0.3) is 0 Å². The maximum atomic E-state index is 12.1. The van der Waals surface area contributed by atoms with Crippen molar-refractivity contribution in [1.29, 1.82) is 5.41 Å². The second kappa shape index (κ2) is 17.3. The van der Waals surface area contributed by atoms with Gasteiger partial charge in [0.15, 0.2) is 0 Å². The first-order valence-electron chi connectivity index (χ1n) is 13.5. The zero-order valence-electron chi connectivity index (χ0n) is 24.9. The molecule has 16 heteroatoms. The summed E-state index contributed by atoms with van der Waals surface area (Å²) in [4.78, 5) is 29.9. The molecule has 0 fully saturated rings. The molecule has 0 saturated carbocycles. The molecule has 0 bridgehead atoms. The van der Waals surface area contributed by atoms with Gasteiger partial charge in [0.25, 0.3) is 0 Å². The van der Waals surface area contributed by atoms with Gasteiger partial charge in [0.05, 0.1) is 0 Å². The number of carboxylic acids is 2. The molecule has 0 aliphatic heterocycles. The number of hydrogen-bond acceptors (Lipinski definition) is 4. The number of nitrogens with two attached hydrogens (primary N) is 1. The van der Waals surface area contributed by atoms with Gasteiger partial charge >= 0.3 is 216 Å². The van der Waals surface area contributed by atoms with E-state index >= 15 is 0 Å². The Morgan fingerprint density at radius 2 is 1.07 bits per heavy atom. The zero-order valence-corrected chi connectivity index (χ0v) is 25.9. The van der Waals surface area contributed by atoms with Crippen LogP contribution in [0.3, 0.4) is 0 Å². The summed E-state index contributed by atoms with van der Waals surface area (Å²) in [5.74, 6) is -5.61. The van der Waals surface area contributed by atoms with Crippen LogP contribution in [0, 0.1) is 5.41 Å². The van der Waals surface area contributed by atoms with Crippen LogP contribution in [-0.2, 0) is 14.4 Å². The summed E-state index contributed by atoms with van der Waals surface area (Å²) < 4.78 is 63.6. The van der Waals surface area contributed by atoms with Gasteiger partial charge < -0.3 is 10.2 Å². The molecular weight excluding hydrogens is 641 g/mol. The van der Waals surface area contributed by atoms with Crippen LogP contribution in [0.2, 0.25) is 0 Å². The van der Waals surface area contributed by atoms with Gasteiger partial charge in [-0.05, 0) is 0 Å². The van der Waals surface area contributed by atoms with Crippen LogP contribution < -0.4 is 27.0 Å².